The Kier molecular flexibility index (Phi) is 4.57. The van der Waals surface area contributed by atoms with Crippen molar-refractivity contribution < 1.29 is 9.47 Å². The van der Waals surface area contributed by atoms with Crippen molar-refractivity contribution >= 4 is 5.95 Å². The molecular formula is C20H25N3O2. The maximum Gasteiger partial charge on any atom is 0.225 e. The molecule has 2 aliphatic heterocycles. The third-order valence-electron chi connectivity index (χ3n) is 5.48. The van der Waals surface area contributed by atoms with Crippen molar-refractivity contribution in [3.8, 4) is 5.75 Å². The van der Waals surface area contributed by atoms with Gasteiger partial charge in [-0.25, -0.2) is 9.97 Å². The van der Waals surface area contributed by atoms with Crippen LogP contribution in [0.1, 0.15) is 24.8 Å². The van der Waals surface area contributed by atoms with E-state index in [4.69, 9.17) is 9.47 Å². The van der Waals surface area contributed by atoms with Gasteiger partial charge in [0.05, 0.1) is 19.3 Å². The maximum atomic E-state index is 6.30. The number of rotatable bonds is 4. The highest BCUT2D eigenvalue weighted by Crippen LogP contribution is 2.40. The lowest BCUT2D eigenvalue weighted by atomic mass is 9.83. The first kappa shape index (κ1) is 16.3. The molecule has 1 aromatic carbocycles. The molecule has 2 saturated heterocycles. The predicted molar refractivity (Wildman–Crippen MR) is 97.0 cm³/mol. The molecule has 0 bridgehead atoms. The highest BCUT2D eigenvalue weighted by Gasteiger charge is 2.42. The standard InChI is InChI=1S/C20H25N3O2/c1-24-18-5-3-16(4-6-18)13-17-14-20(25-15-17)7-11-23(12-8-20)19-21-9-2-10-22-19/h2-6,9-10,17H,7-8,11-15H2,1H3. The molecule has 1 atom stereocenters. The van der Waals surface area contributed by atoms with Crippen LogP contribution in [0.4, 0.5) is 5.95 Å². The molecule has 3 heterocycles. The zero-order valence-electron chi connectivity index (χ0n) is 14.7. The zero-order valence-corrected chi connectivity index (χ0v) is 14.7. The molecule has 2 fully saturated rings. The van der Waals surface area contributed by atoms with E-state index < -0.39 is 0 Å². The Labute approximate surface area is 149 Å². The van der Waals surface area contributed by atoms with Crippen molar-refractivity contribution in [2.24, 2.45) is 5.92 Å². The Morgan fingerprint density at radius 3 is 2.56 bits per heavy atom. The zero-order chi connectivity index (χ0) is 17.1. The van der Waals surface area contributed by atoms with Crippen molar-refractivity contribution in [3.05, 3.63) is 48.3 Å². The van der Waals surface area contributed by atoms with Crippen LogP contribution in [-0.4, -0.2) is 42.4 Å². The van der Waals surface area contributed by atoms with Gasteiger partial charge in [0.1, 0.15) is 5.75 Å². The molecule has 2 aliphatic rings. The monoisotopic (exact) mass is 339 g/mol. The van der Waals surface area contributed by atoms with Crippen LogP contribution in [0.25, 0.3) is 0 Å². The summed E-state index contributed by atoms with van der Waals surface area (Å²) in [6, 6.07) is 10.3. The molecule has 4 rings (SSSR count). The van der Waals surface area contributed by atoms with E-state index in [1.54, 1.807) is 7.11 Å². The second kappa shape index (κ2) is 7.00. The van der Waals surface area contributed by atoms with Gasteiger partial charge in [0.25, 0.3) is 0 Å². The van der Waals surface area contributed by atoms with Crippen LogP contribution >= 0.6 is 0 Å². The summed E-state index contributed by atoms with van der Waals surface area (Å²) in [4.78, 5) is 11.0. The highest BCUT2D eigenvalue weighted by atomic mass is 16.5. The molecule has 25 heavy (non-hydrogen) atoms. The third kappa shape index (κ3) is 3.61. The lowest BCUT2D eigenvalue weighted by Gasteiger charge is -2.38. The first-order valence-corrected chi connectivity index (χ1v) is 9.05. The average Bonchev–Trinajstić information content (AvgIpc) is 3.06. The van der Waals surface area contributed by atoms with Gasteiger partial charge in [-0.1, -0.05) is 12.1 Å². The molecule has 0 radical (unpaired) electrons. The number of aromatic nitrogens is 2. The summed E-state index contributed by atoms with van der Waals surface area (Å²) in [5.74, 6) is 2.36. The molecule has 0 aliphatic carbocycles. The summed E-state index contributed by atoms with van der Waals surface area (Å²) in [5, 5.41) is 0. The molecule has 1 spiro atoms. The van der Waals surface area contributed by atoms with Crippen LogP contribution in [-0.2, 0) is 11.2 Å². The number of hydrogen-bond donors (Lipinski definition) is 0. The third-order valence-corrected chi connectivity index (χ3v) is 5.48. The van der Waals surface area contributed by atoms with Crippen molar-refractivity contribution in [3.63, 3.8) is 0 Å². The average molecular weight is 339 g/mol. The second-order valence-corrected chi connectivity index (χ2v) is 7.15. The largest absolute Gasteiger partial charge is 0.497 e. The lowest BCUT2D eigenvalue weighted by Crippen LogP contribution is -2.44. The van der Waals surface area contributed by atoms with Gasteiger partial charge in [-0.05, 0) is 55.4 Å². The molecule has 1 unspecified atom stereocenters. The van der Waals surface area contributed by atoms with Crippen LogP contribution in [0.5, 0.6) is 5.75 Å². The SMILES string of the molecule is COc1ccc(CC2COC3(CCN(c4ncccn4)CC3)C2)cc1. The normalized spacial score (nSPS) is 22.3. The molecule has 0 amide bonds. The minimum absolute atomic E-state index is 0.0580. The summed E-state index contributed by atoms with van der Waals surface area (Å²) in [5.41, 5.74) is 1.42. The van der Waals surface area contributed by atoms with E-state index in [0.717, 1.165) is 57.1 Å². The Bertz CT molecular complexity index is 682. The van der Waals surface area contributed by atoms with Crippen LogP contribution in [0.15, 0.2) is 42.7 Å². The Morgan fingerprint density at radius 1 is 1.16 bits per heavy atom. The van der Waals surface area contributed by atoms with Gasteiger partial charge in [-0.15, -0.1) is 0 Å². The smallest absolute Gasteiger partial charge is 0.225 e. The number of anilines is 1. The topological polar surface area (TPSA) is 47.5 Å². The van der Waals surface area contributed by atoms with Crippen molar-refractivity contribution in [1.82, 2.24) is 9.97 Å². The Morgan fingerprint density at radius 2 is 1.88 bits per heavy atom. The van der Waals surface area contributed by atoms with Gasteiger partial charge in [0.15, 0.2) is 0 Å². The quantitative estimate of drug-likeness (QED) is 0.856. The van der Waals surface area contributed by atoms with Crippen LogP contribution in [0.2, 0.25) is 0 Å². The van der Waals surface area contributed by atoms with Gasteiger partial charge in [-0.3, -0.25) is 0 Å². The second-order valence-electron chi connectivity index (χ2n) is 7.15. The lowest BCUT2D eigenvalue weighted by molar-refractivity contribution is -0.0154. The number of hydrogen-bond acceptors (Lipinski definition) is 5. The van der Waals surface area contributed by atoms with E-state index in [2.05, 4.69) is 27.0 Å². The molecule has 5 heteroatoms. The minimum Gasteiger partial charge on any atom is -0.497 e. The Hall–Kier alpha value is -2.14. The number of benzene rings is 1. The summed E-state index contributed by atoms with van der Waals surface area (Å²) >= 11 is 0. The van der Waals surface area contributed by atoms with Gasteiger partial charge >= 0.3 is 0 Å². The van der Waals surface area contributed by atoms with Gasteiger partial charge < -0.3 is 14.4 Å². The fourth-order valence-corrected chi connectivity index (χ4v) is 4.08. The van der Waals surface area contributed by atoms with Gasteiger partial charge in [0, 0.05) is 25.5 Å². The number of nitrogens with zero attached hydrogens (tertiary/aromatic N) is 3. The van der Waals surface area contributed by atoms with E-state index >= 15 is 0 Å². The fraction of sp³-hybridized carbons (Fsp3) is 0.500. The molecule has 0 N–H and O–H groups in total. The van der Waals surface area contributed by atoms with Gasteiger partial charge in [-0.2, -0.15) is 0 Å². The predicted octanol–water partition coefficient (Wildman–Crippen LogP) is 3.10. The summed E-state index contributed by atoms with van der Waals surface area (Å²) < 4.78 is 11.5. The van der Waals surface area contributed by atoms with Crippen LogP contribution < -0.4 is 9.64 Å². The number of ether oxygens (including phenoxy) is 2. The van der Waals surface area contributed by atoms with Crippen molar-refractivity contribution in [2.75, 3.05) is 31.7 Å². The molecule has 132 valence electrons. The maximum absolute atomic E-state index is 6.30. The van der Waals surface area contributed by atoms with E-state index in [9.17, 15) is 0 Å². The number of methoxy groups -OCH3 is 1. The van der Waals surface area contributed by atoms with Crippen molar-refractivity contribution in [2.45, 2.75) is 31.3 Å². The van der Waals surface area contributed by atoms with E-state index in [1.165, 1.54) is 5.56 Å². The van der Waals surface area contributed by atoms with Crippen molar-refractivity contribution in [1.29, 1.82) is 0 Å². The van der Waals surface area contributed by atoms with Gasteiger partial charge in [0.2, 0.25) is 5.95 Å². The van der Waals surface area contributed by atoms with E-state index in [1.807, 2.05) is 30.6 Å². The molecule has 0 saturated carbocycles. The highest BCUT2D eigenvalue weighted by molar-refractivity contribution is 5.30. The number of piperidine rings is 1. The fourth-order valence-electron chi connectivity index (χ4n) is 4.08. The first-order chi connectivity index (χ1) is 12.3. The summed E-state index contributed by atoms with van der Waals surface area (Å²) in [7, 11) is 1.70. The summed E-state index contributed by atoms with van der Waals surface area (Å²) in [6.45, 7) is 2.81. The molecule has 1 aromatic heterocycles. The van der Waals surface area contributed by atoms with Crippen LogP contribution in [0, 0.1) is 5.92 Å². The van der Waals surface area contributed by atoms with E-state index in [0.29, 0.717) is 5.92 Å². The van der Waals surface area contributed by atoms with Crippen LogP contribution in [0.3, 0.4) is 0 Å². The molecule has 5 nitrogen and oxygen atoms in total. The first-order valence-electron chi connectivity index (χ1n) is 9.05. The minimum atomic E-state index is 0.0580. The summed E-state index contributed by atoms with van der Waals surface area (Å²) in [6.07, 6.45) is 7.97. The molecule has 2 aromatic rings. The Balaban J connectivity index is 1.33. The van der Waals surface area contributed by atoms with E-state index in [-0.39, 0.29) is 5.60 Å². The molecular weight excluding hydrogens is 314 g/mol.